The molecular weight excluding hydrogens is 324 g/mol. The molecule has 0 bridgehead atoms. The second-order valence-corrected chi connectivity index (χ2v) is 7.21. The number of nitrogens with zero attached hydrogens (tertiary/aromatic N) is 1. The molecule has 0 atom stereocenters. The fourth-order valence-corrected chi connectivity index (χ4v) is 2.49. The van der Waals surface area contributed by atoms with E-state index in [1.165, 1.54) is 0 Å². The molecule has 0 spiro atoms. The maximum absolute atomic E-state index is 12.2. The minimum Gasteiger partial charge on any atom is -0.346 e. The molecule has 2 rings (SSSR count). The zero-order valence-electron chi connectivity index (χ0n) is 14.1. The number of rotatable bonds is 5. The van der Waals surface area contributed by atoms with E-state index in [4.69, 9.17) is 11.6 Å². The fraction of sp³-hybridized carbons (Fsp3) is 0.316. The molecule has 0 saturated heterocycles. The summed E-state index contributed by atoms with van der Waals surface area (Å²) in [7, 11) is 0. The van der Waals surface area contributed by atoms with Gasteiger partial charge in [-0.05, 0) is 56.2 Å². The zero-order chi connectivity index (χ0) is 17.7. The van der Waals surface area contributed by atoms with Gasteiger partial charge in [0, 0.05) is 29.6 Å². The first kappa shape index (κ1) is 18.1. The van der Waals surface area contributed by atoms with Gasteiger partial charge in [-0.25, -0.2) is 0 Å². The zero-order valence-corrected chi connectivity index (χ0v) is 14.9. The first-order valence-corrected chi connectivity index (χ1v) is 8.14. The van der Waals surface area contributed by atoms with Gasteiger partial charge in [-0.1, -0.05) is 23.7 Å². The van der Waals surface area contributed by atoms with Crippen LogP contribution in [0.5, 0.6) is 0 Å². The van der Waals surface area contributed by atoms with Crippen molar-refractivity contribution in [2.45, 2.75) is 39.2 Å². The quantitative estimate of drug-likeness (QED) is 0.901. The Morgan fingerprint density at radius 2 is 1.75 bits per heavy atom. The molecule has 5 heteroatoms. The molecular formula is C19H21ClN2O2. The van der Waals surface area contributed by atoms with Gasteiger partial charge in [-0.3, -0.25) is 14.6 Å². The highest BCUT2D eigenvalue weighted by Crippen LogP contribution is 2.13. The SMILES string of the molecule is CC(C)(C)NC(=O)c1cc(CC(=O)Cc2cccc(Cl)c2)ccn1. The summed E-state index contributed by atoms with van der Waals surface area (Å²) in [5.74, 6) is -0.183. The number of ketones is 1. The molecule has 0 fully saturated rings. The van der Waals surface area contributed by atoms with Crippen molar-refractivity contribution in [2.75, 3.05) is 0 Å². The Balaban J connectivity index is 2.03. The van der Waals surface area contributed by atoms with Gasteiger partial charge in [0.25, 0.3) is 5.91 Å². The predicted molar refractivity (Wildman–Crippen MR) is 95.3 cm³/mol. The molecule has 1 aromatic heterocycles. The Morgan fingerprint density at radius 3 is 2.38 bits per heavy atom. The first-order valence-electron chi connectivity index (χ1n) is 7.76. The van der Waals surface area contributed by atoms with Crippen LogP contribution < -0.4 is 5.32 Å². The number of nitrogens with one attached hydrogen (secondary N) is 1. The molecule has 1 aromatic carbocycles. The summed E-state index contributed by atoms with van der Waals surface area (Å²) in [5.41, 5.74) is 1.64. The van der Waals surface area contributed by atoms with Gasteiger partial charge >= 0.3 is 0 Å². The van der Waals surface area contributed by atoms with E-state index in [9.17, 15) is 9.59 Å². The van der Waals surface area contributed by atoms with E-state index in [2.05, 4.69) is 10.3 Å². The Labute approximate surface area is 147 Å². The van der Waals surface area contributed by atoms with E-state index < -0.39 is 0 Å². The van der Waals surface area contributed by atoms with Crippen molar-refractivity contribution in [1.29, 1.82) is 0 Å². The molecule has 2 aromatic rings. The van der Waals surface area contributed by atoms with E-state index in [0.717, 1.165) is 11.1 Å². The van der Waals surface area contributed by atoms with Crippen molar-refractivity contribution in [2.24, 2.45) is 0 Å². The van der Waals surface area contributed by atoms with E-state index in [1.807, 2.05) is 32.9 Å². The number of hydrogen-bond acceptors (Lipinski definition) is 3. The molecule has 126 valence electrons. The number of carbonyl (C=O) groups excluding carboxylic acids is 2. The highest BCUT2D eigenvalue weighted by Gasteiger charge is 2.17. The number of amides is 1. The monoisotopic (exact) mass is 344 g/mol. The summed E-state index contributed by atoms with van der Waals surface area (Å²) in [6.45, 7) is 5.72. The molecule has 1 N–H and O–H groups in total. The molecule has 4 nitrogen and oxygen atoms in total. The van der Waals surface area contributed by atoms with Gasteiger partial charge in [0.1, 0.15) is 11.5 Å². The predicted octanol–water partition coefficient (Wildman–Crippen LogP) is 3.62. The second kappa shape index (κ2) is 7.58. The topological polar surface area (TPSA) is 59.1 Å². The molecule has 0 saturated carbocycles. The van der Waals surface area contributed by atoms with Crippen LogP contribution in [0.2, 0.25) is 5.02 Å². The van der Waals surface area contributed by atoms with Crippen LogP contribution in [0.1, 0.15) is 42.4 Å². The molecule has 24 heavy (non-hydrogen) atoms. The standard InChI is InChI=1S/C19H21ClN2O2/c1-19(2,3)22-18(24)17-12-14(7-8-21-17)11-16(23)10-13-5-4-6-15(20)9-13/h4-9,12H,10-11H2,1-3H3,(H,22,24). The van der Waals surface area contributed by atoms with Crippen molar-refractivity contribution in [3.63, 3.8) is 0 Å². The lowest BCUT2D eigenvalue weighted by molar-refractivity contribution is -0.117. The number of aromatic nitrogens is 1. The summed E-state index contributed by atoms with van der Waals surface area (Å²) in [4.78, 5) is 28.5. The average molecular weight is 345 g/mol. The molecule has 0 aliphatic carbocycles. The summed E-state index contributed by atoms with van der Waals surface area (Å²) < 4.78 is 0. The Hall–Kier alpha value is -2.20. The summed E-state index contributed by atoms with van der Waals surface area (Å²) in [6.07, 6.45) is 2.12. The second-order valence-electron chi connectivity index (χ2n) is 6.78. The van der Waals surface area contributed by atoms with Gasteiger partial charge < -0.3 is 5.32 Å². The van der Waals surface area contributed by atoms with E-state index in [1.54, 1.807) is 30.5 Å². The van der Waals surface area contributed by atoms with Crippen LogP contribution in [0.3, 0.4) is 0 Å². The van der Waals surface area contributed by atoms with Crippen LogP contribution >= 0.6 is 11.6 Å². The fourth-order valence-electron chi connectivity index (χ4n) is 2.28. The lowest BCUT2D eigenvalue weighted by Gasteiger charge is -2.20. The van der Waals surface area contributed by atoms with Crippen LogP contribution in [0, 0.1) is 0 Å². The van der Waals surface area contributed by atoms with E-state index >= 15 is 0 Å². The van der Waals surface area contributed by atoms with Crippen LogP contribution in [0.25, 0.3) is 0 Å². The summed E-state index contributed by atoms with van der Waals surface area (Å²) in [5, 5.41) is 3.48. The van der Waals surface area contributed by atoms with E-state index in [-0.39, 0.29) is 23.7 Å². The summed E-state index contributed by atoms with van der Waals surface area (Å²) in [6, 6.07) is 10.7. The Morgan fingerprint density at radius 1 is 1.08 bits per heavy atom. The van der Waals surface area contributed by atoms with Crippen LogP contribution in [-0.2, 0) is 17.6 Å². The van der Waals surface area contributed by atoms with Gasteiger partial charge in [0.2, 0.25) is 0 Å². The largest absolute Gasteiger partial charge is 0.346 e. The number of halogens is 1. The van der Waals surface area contributed by atoms with Crippen molar-refractivity contribution in [1.82, 2.24) is 10.3 Å². The highest BCUT2D eigenvalue weighted by molar-refractivity contribution is 6.30. The number of Topliss-reactive ketones (excluding diaryl/α,β-unsaturated/α-hetero) is 1. The summed E-state index contributed by atoms with van der Waals surface area (Å²) >= 11 is 5.93. The number of benzene rings is 1. The third kappa shape index (κ3) is 5.78. The smallest absolute Gasteiger partial charge is 0.270 e. The molecule has 0 unspecified atom stereocenters. The maximum Gasteiger partial charge on any atom is 0.270 e. The van der Waals surface area contributed by atoms with Gasteiger partial charge in [0.15, 0.2) is 0 Å². The van der Waals surface area contributed by atoms with E-state index in [0.29, 0.717) is 17.1 Å². The minimum atomic E-state index is -0.336. The van der Waals surface area contributed by atoms with Crippen LogP contribution in [-0.4, -0.2) is 22.2 Å². The maximum atomic E-state index is 12.2. The van der Waals surface area contributed by atoms with Crippen molar-refractivity contribution >= 4 is 23.3 Å². The van der Waals surface area contributed by atoms with Gasteiger partial charge in [0.05, 0.1) is 0 Å². The highest BCUT2D eigenvalue weighted by atomic mass is 35.5. The normalized spacial score (nSPS) is 11.2. The van der Waals surface area contributed by atoms with Gasteiger partial charge in [-0.2, -0.15) is 0 Å². The number of hydrogen-bond donors (Lipinski definition) is 1. The Kier molecular flexibility index (Phi) is 5.73. The first-order chi connectivity index (χ1) is 11.2. The van der Waals surface area contributed by atoms with Crippen molar-refractivity contribution in [3.8, 4) is 0 Å². The number of carbonyl (C=O) groups is 2. The molecule has 0 aliphatic rings. The average Bonchev–Trinajstić information content (AvgIpc) is 2.45. The van der Waals surface area contributed by atoms with Crippen molar-refractivity contribution < 1.29 is 9.59 Å². The third-order valence-electron chi connectivity index (χ3n) is 3.24. The lowest BCUT2D eigenvalue weighted by Crippen LogP contribution is -2.40. The van der Waals surface area contributed by atoms with Crippen molar-refractivity contribution in [3.05, 3.63) is 64.4 Å². The Bertz CT molecular complexity index is 751. The van der Waals surface area contributed by atoms with Crippen LogP contribution in [0.4, 0.5) is 0 Å². The van der Waals surface area contributed by atoms with Crippen LogP contribution in [0.15, 0.2) is 42.6 Å². The van der Waals surface area contributed by atoms with Gasteiger partial charge in [-0.15, -0.1) is 0 Å². The number of pyridine rings is 1. The molecule has 1 amide bonds. The molecule has 1 heterocycles. The molecule has 0 aliphatic heterocycles. The molecule has 0 radical (unpaired) electrons. The third-order valence-corrected chi connectivity index (χ3v) is 3.47. The minimum absolute atomic E-state index is 0.0608. The lowest BCUT2D eigenvalue weighted by atomic mass is 10.0.